The lowest BCUT2D eigenvalue weighted by Gasteiger charge is -2.11. The molecule has 70 valence electrons. The molecular weight excluding hydrogens is 156 g/mol. The van der Waals surface area contributed by atoms with Crippen molar-refractivity contribution < 1.29 is 9.53 Å². The van der Waals surface area contributed by atoms with E-state index in [2.05, 4.69) is 5.32 Å². The topological polar surface area (TPSA) is 64.4 Å². The quantitative estimate of drug-likeness (QED) is 0.610. The Labute approximate surface area is 72.5 Å². The molecule has 0 bridgehead atoms. The highest BCUT2D eigenvalue weighted by molar-refractivity contribution is 5.80. The van der Waals surface area contributed by atoms with Crippen molar-refractivity contribution in [2.45, 2.75) is 31.9 Å². The van der Waals surface area contributed by atoms with Crippen LogP contribution in [0.3, 0.4) is 0 Å². The number of hydrogen-bond acceptors (Lipinski definition) is 3. The number of amides is 1. The fraction of sp³-hybridized carbons (Fsp3) is 0.875. The molecule has 0 saturated carbocycles. The Balaban J connectivity index is 2.12. The Kier molecular flexibility index (Phi) is 3.49. The summed E-state index contributed by atoms with van der Waals surface area (Å²) in [5.41, 5.74) is 5.37. The summed E-state index contributed by atoms with van der Waals surface area (Å²) in [6.45, 7) is 3.09. The zero-order valence-corrected chi connectivity index (χ0v) is 7.38. The molecule has 1 aliphatic heterocycles. The average Bonchev–Trinajstić information content (AvgIpc) is 2.51. The normalized spacial score (nSPS) is 25.3. The number of hydrogen-bond donors (Lipinski definition) is 2. The van der Waals surface area contributed by atoms with Crippen LogP contribution in [0.1, 0.15) is 19.8 Å². The van der Waals surface area contributed by atoms with E-state index in [4.69, 9.17) is 10.5 Å². The molecule has 2 atom stereocenters. The largest absolute Gasteiger partial charge is 0.376 e. The van der Waals surface area contributed by atoms with E-state index in [9.17, 15) is 4.79 Å². The first-order valence-electron chi connectivity index (χ1n) is 4.35. The maximum Gasteiger partial charge on any atom is 0.236 e. The van der Waals surface area contributed by atoms with Gasteiger partial charge >= 0.3 is 0 Å². The molecule has 1 aliphatic rings. The Morgan fingerprint density at radius 2 is 2.58 bits per heavy atom. The van der Waals surface area contributed by atoms with Gasteiger partial charge < -0.3 is 15.8 Å². The van der Waals surface area contributed by atoms with Crippen LogP contribution in [0.4, 0.5) is 0 Å². The van der Waals surface area contributed by atoms with Gasteiger partial charge in [-0.25, -0.2) is 0 Å². The van der Waals surface area contributed by atoms with Crippen LogP contribution in [0.15, 0.2) is 0 Å². The standard InChI is InChI=1S/C8H16N2O2/c1-6(9)8(11)10-5-7-3-2-4-12-7/h6-7H,2-5,9H2,1H3,(H,10,11)/t6-,7?/m1/s1. The zero-order chi connectivity index (χ0) is 8.97. The molecule has 0 aliphatic carbocycles. The molecule has 4 heteroatoms. The van der Waals surface area contributed by atoms with Gasteiger partial charge in [0.2, 0.25) is 5.91 Å². The molecular formula is C8H16N2O2. The van der Waals surface area contributed by atoms with Gasteiger partial charge in [0.15, 0.2) is 0 Å². The lowest BCUT2D eigenvalue weighted by atomic mass is 10.2. The van der Waals surface area contributed by atoms with Gasteiger partial charge in [0.05, 0.1) is 12.1 Å². The van der Waals surface area contributed by atoms with Crippen molar-refractivity contribution in [1.82, 2.24) is 5.32 Å². The van der Waals surface area contributed by atoms with Crippen LogP contribution in [-0.4, -0.2) is 31.2 Å². The molecule has 12 heavy (non-hydrogen) atoms. The number of nitrogens with one attached hydrogen (secondary N) is 1. The molecule has 3 N–H and O–H groups in total. The summed E-state index contributed by atoms with van der Waals surface area (Å²) in [6, 6.07) is -0.425. The van der Waals surface area contributed by atoms with Crippen LogP contribution >= 0.6 is 0 Å². The smallest absolute Gasteiger partial charge is 0.236 e. The number of nitrogens with two attached hydrogens (primary N) is 1. The summed E-state index contributed by atoms with van der Waals surface area (Å²) in [4.78, 5) is 11.0. The summed E-state index contributed by atoms with van der Waals surface area (Å²) in [6.07, 6.45) is 2.34. The first-order chi connectivity index (χ1) is 5.70. The highest BCUT2D eigenvalue weighted by Crippen LogP contribution is 2.10. The average molecular weight is 172 g/mol. The van der Waals surface area contributed by atoms with Gasteiger partial charge in [-0.05, 0) is 19.8 Å². The van der Waals surface area contributed by atoms with Crippen LogP contribution in [0.5, 0.6) is 0 Å². The van der Waals surface area contributed by atoms with Crippen molar-refractivity contribution >= 4 is 5.91 Å². The summed E-state index contributed by atoms with van der Waals surface area (Å²) >= 11 is 0. The summed E-state index contributed by atoms with van der Waals surface area (Å²) < 4.78 is 5.33. The molecule has 1 rings (SSSR count). The van der Waals surface area contributed by atoms with Crippen LogP contribution in [0, 0.1) is 0 Å². The molecule has 1 amide bonds. The minimum absolute atomic E-state index is 0.106. The molecule has 0 aromatic heterocycles. The van der Waals surface area contributed by atoms with Crippen LogP contribution in [-0.2, 0) is 9.53 Å². The van der Waals surface area contributed by atoms with Crippen molar-refractivity contribution in [2.24, 2.45) is 5.73 Å². The molecule has 4 nitrogen and oxygen atoms in total. The van der Waals surface area contributed by atoms with Crippen molar-refractivity contribution in [3.8, 4) is 0 Å². The van der Waals surface area contributed by atoms with E-state index in [1.165, 1.54) is 0 Å². The second-order valence-corrected chi connectivity index (χ2v) is 3.17. The third-order valence-corrected chi connectivity index (χ3v) is 1.94. The van der Waals surface area contributed by atoms with Gasteiger partial charge in [-0.1, -0.05) is 0 Å². The van der Waals surface area contributed by atoms with Gasteiger partial charge in [-0.15, -0.1) is 0 Å². The van der Waals surface area contributed by atoms with Crippen LogP contribution in [0.2, 0.25) is 0 Å². The van der Waals surface area contributed by atoms with Gasteiger partial charge in [-0.2, -0.15) is 0 Å². The second-order valence-electron chi connectivity index (χ2n) is 3.17. The summed E-state index contributed by atoms with van der Waals surface area (Å²) in [7, 11) is 0. The minimum Gasteiger partial charge on any atom is -0.376 e. The molecule has 1 fully saturated rings. The fourth-order valence-electron chi connectivity index (χ4n) is 1.18. The molecule has 1 saturated heterocycles. The lowest BCUT2D eigenvalue weighted by molar-refractivity contribution is -0.122. The monoisotopic (exact) mass is 172 g/mol. The van der Waals surface area contributed by atoms with Gasteiger partial charge in [-0.3, -0.25) is 4.79 Å². The van der Waals surface area contributed by atoms with E-state index >= 15 is 0 Å². The third-order valence-electron chi connectivity index (χ3n) is 1.94. The van der Waals surface area contributed by atoms with E-state index in [1.807, 2.05) is 0 Å². The summed E-state index contributed by atoms with van der Waals surface area (Å²) in [5.74, 6) is -0.106. The van der Waals surface area contributed by atoms with Crippen molar-refractivity contribution in [1.29, 1.82) is 0 Å². The molecule has 1 heterocycles. The zero-order valence-electron chi connectivity index (χ0n) is 7.38. The van der Waals surface area contributed by atoms with Gasteiger partial charge in [0, 0.05) is 13.2 Å². The predicted molar refractivity (Wildman–Crippen MR) is 45.6 cm³/mol. The van der Waals surface area contributed by atoms with Crippen LogP contribution < -0.4 is 11.1 Å². The second kappa shape index (κ2) is 4.42. The number of rotatable bonds is 3. The van der Waals surface area contributed by atoms with Gasteiger partial charge in [0.1, 0.15) is 0 Å². The first-order valence-corrected chi connectivity index (χ1v) is 4.35. The molecule has 0 radical (unpaired) electrons. The molecule has 0 aromatic carbocycles. The Morgan fingerprint density at radius 1 is 1.83 bits per heavy atom. The lowest BCUT2D eigenvalue weighted by Crippen LogP contribution is -2.41. The SMILES string of the molecule is C[C@@H](N)C(=O)NCC1CCCO1. The van der Waals surface area contributed by atoms with E-state index in [1.54, 1.807) is 6.92 Å². The van der Waals surface area contributed by atoms with E-state index in [-0.39, 0.29) is 12.0 Å². The fourth-order valence-corrected chi connectivity index (χ4v) is 1.18. The van der Waals surface area contributed by atoms with E-state index < -0.39 is 6.04 Å². The predicted octanol–water partition coefficient (Wildman–Crippen LogP) is -0.371. The maximum absolute atomic E-state index is 11.0. The summed E-state index contributed by atoms with van der Waals surface area (Å²) in [5, 5.41) is 2.74. The number of carbonyl (C=O) groups excluding carboxylic acids is 1. The minimum atomic E-state index is -0.425. The Morgan fingerprint density at radius 3 is 3.08 bits per heavy atom. The highest BCUT2D eigenvalue weighted by Gasteiger charge is 2.16. The van der Waals surface area contributed by atoms with Crippen molar-refractivity contribution in [2.75, 3.05) is 13.2 Å². The molecule has 0 aromatic rings. The number of ether oxygens (including phenoxy) is 1. The maximum atomic E-state index is 11.0. The third kappa shape index (κ3) is 2.79. The number of carbonyl (C=O) groups is 1. The van der Waals surface area contributed by atoms with Crippen LogP contribution in [0.25, 0.3) is 0 Å². The van der Waals surface area contributed by atoms with Crippen molar-refractivity contribution in [3.05, 3.63) is 0 Å². The first kappa shape index (κ1) is 9.48. The Bertz CT molecular complexity index is 153. The Hall–Kier alpha value is -0.610. The van der Waals surface area contributed by atoms with E-state index in [0.29, 0.717) is 6.54 Å². The molecule has 1 unspecified atom stereocenters. The molecule has 0 spiro atoms. The van der Waals surface area contributed by atoms with E-state index in [0.717, 1.165) is 19.4 Å². The van der Waals surface area contributed by atoms with Crippen molar-refractivity contribution in [3.63, 3.8) is 0 Å². The van der Waals surface area contributed by atoms with Gasteiger partial charge in [0.25, 0.3) is 0 Å². The highest BCUT2D eigenvalue weighted by atomic mass is 16.5.